The maximum Gasteiger partial charge on any atom is 0.321 e. The Labute approximate surface area is 119 Å². The van der Waals surface area contributed by atoms with E-state index in [1.165, 1.54) is 6.20 Å². The number of aliphatic carboxylic acids is 1. The Morgan fingerprint density at radius 1 is 1.50 bits per heavy atom. The second-order valence-electron chi connectivity index (χ2n) is 4.57. The van der Waals surface area contributed by atoms with E-state index in [-0.39, 0.29) is 11.4 Å². The summed E-state index contributed by atoms with van der Waals surface area (Å²) in [6.07, 6.45) is 3.12. The molecule has 1 heterocycles. The molecular formula is C12H21N3O4S. The minimum atomic E-state index is -3.91. The Hall–Kier alpha value is -1.41. The van der Waals surface area contributed by atoms with Gasteiger partial charge in [0.1, 0.15) is 11.9 Å². The Bertz CT molecular complexity index is 565. The normalized spacial score (nSPS) is 13.3. The van der Waals surface area contributed by atoms with Crippen LogP contribution >= 0.6 is 0 Å². The van der Waals surface area contributed by atoms with Gasteiger partial charge in [-0.15, -0.1) is 0 Å². The van der Waals surface area contributed by atoms with Crippen LogP contribution in [0.5, 0.6) is 0 Å². The van der Waals surface area contributed by atoms with Crippen LogP contribution in [0.1, 0.15) is 38.9 Å². The van der Waals surface area contributed by atoms with E-state index in [9.17, 15) is 13.2 Å². The standard InChI is InChI=1S/C12H21N3O4S/c1-4-6-7-10(12(16)17)14-20(18,19)11-8-15(5-2)9(3)13-11/h8,10,14H,4-7H2,1-3H3,(H,16,17). The van der Waals surface area contributed by atoms with Gasteiger partial charge in [0.25, 0.3) is 10.0 Å². The second-order valence-corrected chi connectivity index (χ2v) is 6.23. The molecule has 1 atom stereocenters. The maximum absolute atomic E-state index is 12.1. The number of rotatable bonds is 8. The van der Waals surface area contributed by atoms with Gasteiger partial charge in [-0.05, 0) is 20.3 Å². The van der Waals surface area contributed by atoms with Gasteiger partial charge in [-0.25, -0.2) is 13.4 Å². The quantitative estimate of drug-likeness (QED) is 0.749. The average molecular weight is 303 g/mol. The third kappa shape index (κ3) is 4.04. The molecule has 0 radical (unpaired) electrons. The van der Waals surface area contributed by atoms with Gasteiger partial charge in [-0.2, -0.15) is 4.72 Å². The van der Waals surface area contributed by atoms with Crippen LogP contribution in [-0.4, -0.2) is 35.1 Å². The van der Waals surface area contributed by atoms with Crippen LogP contribution in [0, 0.1) is 6.92 Å². The van der Waals surface area contributed by atoms with E-state index in [1.54, 1.807) is 11.5 Å². The fourth-order valence-electron chi connectivity index (χ4n) is 1.82. The smallest absolute Gasteiger partial charge is 0.321 e. The Kier molecular flexibility index (Phi) is 5.70. The average Bonchev–Trinajstić information content (AvgIpc) is 2.76. The van der Waals surface area contributed by atoms with Crippen LogP contribution in [0.15, 0.2) is 11.2 Å². The third-order valence-electron chi connectivity index (χ3n) is 3.01. The molecule has 20 heavy (non-hydrogen) atoms. The fourth-order valence-corrected chi connectivity index (χ4v) is 3.05. The summed E-state index contributed by atoms with van der Waals surface area (Å²) in [7, 11) is -3.91. The van der Waals surface area contributed by atoms with Gasteiger partial charge in [-0.1, -0.05) is 19.8 Å². The first-order valence-electron chi connectivity index (χ1n) is 6.60. The summed E-state index contributed by atoms with van der Waals surface area (Å²) in [5.74, 6) is -0.595. The van der Waals surface area contributed by atoms with Crippen molar-refractivity contribution in [1.82, 2.24) is 14.3 Å². The number of sulfonamides is 1. The van der Waals surface area contributed by atoms with Crippen LogP contribution in [0.3, 0.4) is 0 Å². The van der Waals surface area contributed by atoms with Gasteiger partial charge in [-0.3, -0.25) is 4.79 Å². The van der Waals surface area contributed by atoms with Crippen LogP contribution in [0.4, 0.5) is 0 Å². The molecule has 0 amide bonds. The highest BCUT2D eigenvalue weighted by molar-refractivity contribution is 7.89. The largest absolute Gasteiger partial charge is 0.480 e. The summed E-state index contributed by atoms with van der Waals surface area (Å²) in [6, 6.07) is -1.12. The molecule has 1 unspecified atom stereocenters. The van der Waals surface area contributed by atoms with Gasteiger partial charge in [0.05, 0.1) is 0 Å². The molecule has 0 aliphatic carbocycles. The summed E-state index contributed by atoms with van der Waals surface area (Å²) >= 11 is 0. The number of aryl methyl sites for hydroxylation is 2. The summed E-state index contributed by atoms with van der Waals surface area (Å²) in [5.41, 5.74) is 0. The predicted octanol–water partition coefficient (Wildman–Crippen LogP) is 1.13. The first-order chi connectivity index (χ1) is 9.31. The second kappa shape index (κ2) is 6.85. The van der Waals surface area contributed by atoms with E-state index in [0.29, 0.717) is 18.8 Å². The number of hydrogen-bond acceptors (Lipinski definition) is 4. The minimum absolute atomic E-state index is 0.139. The molecule has 0 bridgehead atoms. The van der Waals surface area contributed by atoms with Crippen molar-refractivity contribution in [3.05, 3.63) is 12.0 Å². The number of imidazole rings is 1. The van der Waals surface area contributed by atoms with E-state index in [4.69, 9.17) is 5.11 Å². The molecule has 0 saturated heterocycles. The molecule has 0 aromatic carbocycles. The van der Waals surface area contributed by atoms with Gasteiger partial charge in [0.15, 0.2) is 5.03 Å². The van der Waals surface area contributed by atoms with Crippen molar-refractivity contribution in [2.45, 2.75) is 57.6 Å². The number of hydrogen-bond donors (Lipinski definition) is 2. The molecule has 7 nitrogen and oxygen atoms in total. The highest BCUT2D eigenvalue weighted by Crippen LogP contribution is 2.11. The van der Waals surface area contributed by atoms with Crippen LogP contribution in [0.2, 0.25) is 0 Å². The van der Waals surface area contributed by atoms with Crippen molar-refractivity contribution >= 4 is 16.0 Å². The topological polar surface area (TPSA) is 101 Å². The van der Waals surface area contributed by atoms with Gasteiger partial charge >= 0.3 is 5.97 Å². The summed E-state index contributed by atoms with van der Waals surface area (Å²) in [5, 5.41) is 8.92. The van der Waals surface area contributed by atoms with Gasteiger partial charge < -0.3 is 9.67 Å². The molecule has 0 aliphatic heterocycles. The monoisotopic (exact) mass is 303 g/mol. The van der Waals surface area contributed by atoms with Crippen LogP contribution < -0.4 is 4.72 Å². The number of nitrogens with one attached hydrogen (secondary N) is 1. The van der Waals surface area contributed by atoms with Gasteiger partial charge in [0.2, 0.25) is 0 Å². The first kappa shape index (κ1) is 16.6. The zero-order chi connectivity index (χ0) is 15.3. The molecule has 8 heteroatoms. The van der Waals surface area contributed by atoms with Crippen molar-refractivity contribution < 1.29 is 18.3 Å². The number of carboxylic acid groups (broad SMARTS) is 1. The molecule has 0 spiro atoms. The van der Waals surface area contributed by atoms with Crippen molar-refractivity contribution in [3.63, 3.8) is 0 Å². The third-order valence-corrected chi connectivity index (χ3v) is 4.35. The number of nitrogens with zero attached hydrogens (tertiary/aromatic N) is 2. The summed E-state index contributed by atoms with van der Waals surface area (Å²) < 4.78 is 28.2. The summed E-state index contributed by atoms with van der Waals surface area (Å²) in [6.45, 7) is 6.10. The maximum atomic E-state index is 12.1. The molecule has 1 aromatic rings. The molecule has 114 valence electrons. The Morgan fingerprint density at radius 2 is 2.15 bits per heavy atom. The molecule has 1 rings (SSSR count). The van der Waals surface area contributed by atoms with Crippen molar-refractivity contribution in [2.75, 3.05) is 0 Å². The first-order valence-corrected chi connectivity index (χ1v) is 8.09. The van der Waals surface area contributed by atoms with Crippen LogP contribution in [-0.2, 0) is 21.4 Å². The zero-order valence-corrected chi connectivity index (χ0v) is 12.8. The lowest BCUT2D eigenvalue weighted by atomic mass is 10.1. The molecule has 2 N–H and O–H groups in total. The lowest BCUT2D eigenvalue weighted by Crippen LogP contribution is -2.40. The molecule has 0 fully saturated rings. The fraction of sp³-hybridized carbons (Fsp3) is 0.667. The van der Waals surface area contributed by atoms with E-state index in [1.807, 2.05) is 13.8 Å². The number of aromatic nitrogens is 2. The molecular weight excluding hydrogens is 282 g/mol. The van der Waals surface area contributed by atoms with Gasteiger partial charge in [0, 0.05) is 12.7 Å². The number of carboxylic acids is 1. The van der Waals surface area contributed by atoms with E-state index >= 15 is 0 Å². The number of unbranched alkanes of at least 4 members (excludes halogenated alkanes) is 1. The lowest BCUT2D eigenvalue weighted by Gasteiger charge is -2.13. The molecule has 0 saturated carbocycles. The molecule has 0 aliphatic rings. The Balaban J connectivity index is 2.94. The predicted molar refractivity (Wildman–Crippen MR) is 73.9 cm³/mol. The summed E-state index contributed by atoms with van der Waals surface area (Å²) in [4.78, 5) is 15.1. The number of carbonyl (C=O) groups is 1. The zero-order valence-electron chi connectivity index (χ0n) is 12.0. The van der Waals surface area contributed by atoms with E-state index in [0.717, 1.165) is 6.42 Å². The highest BCUT2D eigenvalue weighted by atomic mass is 32.2. The van der Waals surface area contributed by atoms with E-state index < -0.39 is 22.0 Å². The van der Waals surface area contributed by atoms with Crippen molar-refractivity contribution in [2.24, 2.45) is 0 Å². The highest BCUT2D eigenvalue weighted by Gasteiger charge is 2.27. The SMILES string of the molecule is CCCCC(NS(=O)(=O)c1cn(CC)c(C)n1)C(=O)O. The lowest BCUT2D eigenvalue weighted by molar-refractivity contribution is -0.139. The van der Waals surface area contributed by atoms with E-state index in [2.05, 4.69) is 9.71 Å². The Morgan fingerprint density at radius 3 is 2.60 bits per heavy atom. The van der Waals surface area contributed by atoms with Crippen LogP contribution in [0.25, 0.3) is 0 Å². The minimum Gasteiger partial charge on any atom is -0.480 e. The molecule has 1 aromatic heterocycles. The van der Waals surface area contributed by atoms with Crippen molar-refractivity contribution in [1.29, 1.82) is 0 Å². The van der Waals surface area contributed by atoms with Crippen molar-refractivity contribution in [3.8, 4) is 0 Å².